The van der Waals surface area contributed by atoms with E-state index in [0.717, 1.165) is 0 Å². The number of pyridine rings is 1. The molecule has 4 rings (SSSR count). The van der Waals surface area contributed by atoms with Crippen LogP contribution in [0.1, 0.15) is 16.8 Å². The van der Waals surface area contributed by atoms with Crippen molar-refractivity contribution in [1.29, 1.82) is 0 Å². The molecule has 2 fully saturated rings. The number of nitrogens with zero attached hydrogens (tertiary/aromatic N) is 4. The van der Waals surface area contributed by atoms with Crippen LogP contribution in [0.15, 0.2) is 42.9 Å². The largest absolute Gasteiger partial charge is 0.490 e. The lowest BCUT2D eigenvalue weighted by atomic mass is 9.83. The van der Waals surface area contributed by atoms with Crippen LogP contribution in [0.2, 0.25) is 0 Å². The van der Waals surface area contributed by atoms with Gasteiger partial charge >= 0.3 is 12.1 Å². The smallest absolute Gasteiger partial charge is 0.477 e. The first kappa shape index (κ1) is 24.4. The topological polar surface area (TPSA) is 140 Å². The van der Waals surface area contributed by atoms with Crippen LogP contribution in [-0.2, 0) is 14.6 Å². The van der Waals surface area contributed by atoms with Gasteiger partial charge in [-0.15, -0.1) is 0 Å². The van der Waals surface area contributed by atoms with E-state index in [0.29, 0.717) is 17.9 Å². The monoisotopic (exact) mass is 488 g/mol. The van der Waals surface area contributed by atoms with Gasteiger partial charge in [0, 0.05) is 31.3 Å². The SMILES string of the molecule is O=C(O)C(F)(F)F.O=C(c1ccnnc1)N1CC2(C1)C(COc1ccccn1)CCS2(=O)=O. The Balaban J connectivity index is 0.000000383. The van der Waals surface area contributed by atoms with Gasteiger partial charge in [-0.05, 0) is 18.6 Å². The number of carbonyl (C=O) groups excluding carboxylic acids is 1. The molecule has 10 nitrogen and oxygen atoms in total. The normalized spacial score (nSPS) is 20.3. The summed E-state index contributed by atoms with van der Waals surface area (Å²) < 4.78 is 61.8. The molecule has 2 aromatic heterocycles. The summed E-state index contributed by atoms with van der Waals surface area (Å²) in [5.74, 6) is -2.54. The van der Waals surface area contributed by atoms with Crippen molar-refractivity contribution in [1.82, 2.24) is 20.1 Å². The van der Waals surface area contributed by atoms with Crippen LogP contribution >= 0.6 is 0 Å². The summed E-state index contributed by atoms with van der Waals surface area (Å²) in [6.45, 7) is 0.647. The second-order valence-corrected chi connectivity index (χ2v) is 9.89. The van der Waals surface area contributed by atoms with Crippen molar-refractivity contribution < 1.29 is 41.0 Å². The van der Waals surface area contributed by atoms with E-state index in [1.165, 1.54) is 12.4 Å². The number of sulfone groups is 1. The number of carboxylic acid groups (broad SMARTS) is 1. The molecule has 0 aliphatic carbocycles. The third-order valence-electron chi connectivity index (χ3n) is 5.45. The van der Waals surface area contributed by atoms with Gasteiger partial charge in [0.05, 0.1) is 30.3 Å². The number of rotatable bonds is 4. The maximum absolute atomic E-state index is 12.7. The maximum atomic E-state index is 12.7. The number of aliphatic carboxylic acids is 1. The van der Waals surface area contributed by atoms with E-state index in [-0.39, 0.29) is 37.3 Å². The fourth-order valence-corrected chi connectivity index (χ4v) is 6.07. The third kappa shape index (κ3) is 5.21. The first-order valence-electron chi connectivity index (χ1n) is 9.58. The van der Waals surface area contributed by atoms with Gasteiger partial charge in [0.1, 0.15) is 4.75 Å². The Labute approximate surface area is 186 Å². The van der Waals surface area contributed by atoms with Crippen LogP contribution in [0.3, 0.4) is 0 Å². The molecule has 33 heavy (non-hydrogen) atoms. The highest BCUT2D eigenvalue weighted by atomic mass is 32.2. The third-order valence-corrected chi connectivity index (χ3v) is 8.05. The zero-order chi connectivity index (χ0) is 24.3. The molecule has 0 saturated carbocycles. The molecule has 178 valence electrons. The Morgan fingerprint density at radius 2 is 1.88 bits per heavy atom. The predicted molar refractivity (Wildman–Crippen MR) is 106 cm³/mol. The van der Waals surface area contributed by atoms with Crippen LogP contribution in [0, 0.1) is 5.92 Å². The molecule has 4 heterocycles. The number of carbonyl (C=O) groups is 2. The molecule has 0 radical (unpaired) electrons. The Kier molecular flexibility index (Phi) is 6.86. The van der Waals surface area contributed by atoms with Gasteiger partial charge in [0.25, 0.3) is 5.91 Å². The zero-order valence-corrected chi connectivity index (χ0v) is 17.8. The van der Waals surface area contributed by atoms with E-state index in [9.17, 15) is 26.4 Å². The summed E-state index contributed by atoms with van der Waals surface area (Å²) >= 11 is 0. The summed E-state index contributed by atoms with van der Waals surface area (Å²) in [5.41, 5.74) is 0.409. The molecule has 1 unspecified atom stereocenters. The number of ether oxygens (including phenoxy) is 1. The van der Waals surface area contributed by atoms with Crippen molar-refractivity contribution in [2.24, 2.45) is 5.92 Å². The number of hydrogen-bond acceptors (Lipinski definition) is 8. The zero-order valence-electron chi connectivity index (χ0n) is 17.0. The van der Waals surface area contributed by atoms with E-state index in [4.69, 9.17) is 14.6 Å². The summed E-state index contributed by atoms with van der Waals surface area (Å²) in [7, 11) is -3.27. The van der Waals surface area contributed by atoms with Crippen LogP contribution in [0.25, 0.3) is 0 Å². The number of aromatic nitrogens is 3. The minimum Gasteiger partial charge on any atom is -0.477 e. The summed E-state index contributed by atoms with van der Waals surface area (Å²) in [4.78, 5) is 27.0. The van der Waals surface area contributed by atoms with Crippen LogP contribution in [0.4, 0.5) is 13.2 Å². The fourth-order valence-electron chi connectivity index (χ4n) is 3.67. The molecular formula is C19H19F3N4O6S. The lowest BCUT2D eigenvalue weighted by molar-refractivity contribution is -0.192. The summed E-state index contributed by atoms with van der Waals surface area (Å²) in [5, 5.41) is 14.5. The van der Waals surface area contributed by atoms with E-state index in [2.05, 4.69) is 15.2 Å². The van der Waals surface area contributed by atoms with Gasteiger partial charge < -0.3 is 14.7 Å². The number of hydrogen-bond donors (Lipinski definition) is 1. The molecular weight excluding hydrogens is 469 g/mol. The molecule has 2 aliphatic heterocycles. The van der Waals surface area contributed by atoms with Gasteiger partial charge in [-0.25, -0.2) is 18.2 Å². The van der Waals surface area contributed by atoms with Crippen LogP contribution in [0.5, 0.6) is 5.88 Å². The standard InChI is InChI=1S/C17H18N4O4S.C2HF3O2/c22-16(13-4-7-19-20-9-13)21-11-17(12-21)14(5-8-26(17,23)24)10-25-15-3-1-2-6-18-15;3-2(4,5)1(6)7/h1-4,6-7,9,14H,5,8,10-12H2;(H,6,7). The molecule has 14 heteroatoms. The summed E-state index contributed by atoms with van der Waals surface area (Å²) in [6, 6.07) is 6.92. The minimum absolute atomic E-state index is 0.127. The number of halogens is 3. The van der Waals surface area contributed by atoms with Crippen molar-refractivity contribution in [3.05, 3.63) is 48.4 Å². The molecule has 0 aromatic carbocycles. The molecule has 0 bridgehead atoms. The number of alkyl halides is 3. The first-order chi connectivity index (χ1) is 15.5. The molecule has 2 aromatic rings. The van der Waals surface area contributed by atoms with Gasteiger partial charge in [-0.3, -0.25) is 4.79 Å². The first-order valence-corrected chi connectivity index (χ1v) is 11.2. The molecule has 1 amide bonds. The van der Waals surface area contributed by atoms with Gasteiger partial charge in [0.15, 0.2) is 9.84 Å². The van der Waals surface area contributed by atoms with Crippen molar-refractivity contribution in [3.63, 3.8) is 0 Å². The van der Waals surface area contributed by atoms with E-state index in [1.807, 2.05) is 6.07 Å². The van der Waals surface area contributed by atoms with Gasteiger partial charge in [-0.1, -0.05) is 6.07 Å². The van der Waals surface area contributed by atoms with Crippen molar-refractivity contribution >= 4 is 21.7 Å². The highest BCUT2D eigenvalue weighted by Crippen LogP contribution is 2.45. The predicted octanol–water partition coefficient (Wildman–Crippen LogP) is 1.21. The number of carboxylic acids is 1. The molecule has 2 saturated heterocycles. The van der Waals surface area contributed by atoms with E-state index >= 15 is 0 Å². The van der Waals surface area contributed by atoms with Crippen molar-refractivity contribution in [2.45, 2.75) is 17.3 Å². The Hall–Kier alpha value is -3.29. The average molecular weight is 488 g/mol. The minimum atomic E-state index is -5.08. The van der Waals surface area contributed by atoms with E-state index < -0.39 is 26.7 Å². The highest BCUT2D eigenvalue weighted by molar-refractivity contribution is 7.93. The highest BCUT2D eigenvalue weighted by Gasteiger charge is 2.62. The molecule has 1 spiro atoms. The Bertz CT molecular complexity index is 1090. The second kappa shape index (κ2) is 9.29. The van der Waals surface area contributed by atoms with E-state index in [1.54, 1.807) is 29.3 Å². The summed E-state index contributed by atoms with van der Waals surface area (Å²) in [6.07, 6.45) is -0.0895. The molecule has 1 atom stereocenters. The second-order valence-electron chi connectivity index (χ2n) is 7.44. The van der Waals surface area contributed by atoms with Crippen LogP contribution < -0.4 is 4.74 Å². The quantitative estimate of drug-likeness (QED) is 0.673. The Morgan fingerprint density at radius 1 is 1.18 bits per heavy atom. The van der Waals surface area contributed by atoms with Crippen LogP contribution in [-0.4, -0.2) is 81.9 Å². The molecule has 1 N–H and O–H groups in total. The number of likely N-dealkylation sites (tertiary alicyclic amines) is 1. The molecule has 2 aliphatic rings. The van der Waals surface area contributed by atoms with Crippen molar-refractivity contribution in [3.8, 4) is 5.88 Å². The lowest BCUT2D eigenvalue weighted by Gasteiger charge is -2.49. The average Bonchev–Trinajstić information content (AvgIpc) is 3.02. The lowest BCUT2D eigenvalue weighted by Crippen LogP contribution is -2.68. The number of amides is 1. The van der Waals surface area contributed by atoms with Crippen molar-refractivity contribution in [2.75, 3.05) is 25.4 Å². The maximum Gasteiger partial charge on any atom is 0.490 e. The fraction of sp³-hybridized carbons (Fsp3) is 0.421. The Morgan fingerprint density at radius 3 is 2.42 bits per heavy atom. The van der Waals surface area contributed by atoms with Gasteiger partial charge in [0.2, 0.25) is 5.88 Å². The van der Waals surface area contributed by atoms with Gasteiger partial charge in [-0.2, -0.15) is 23.4 Å².